The van der Waals surface area contributed by atoms with Gasteiger partial charge < -0.3 is 20.2 Å². The van der Waals surface area contributed by atoms with Gasteiger partial charge in [-0.15, -0.1) is 0 Å². The lowest BCUT2D eigenvalue weighted by molar-refractivity contribution is 0.0883. The zero-order valence-electron chi connectivity index (χ0n) is 14.0. The highest BCUT2D eigenvalue weighted by molar-refractivity contribution is 5.45. The average Bonchev–Trinajstić information content (AvgIpc) is 2.38. The Labute approximate surface area is 127 Å². The van der Waals surface area contributed by atoms with E-state index in [9.17, 15) is 5.11 Å². The Bertz CT molecular complexity index is 442. The fourth-order valence-corrected chi connectivity index (χ4v) is 2.06. The van der Waals surface area contributed by atoms with E-state index in [1.165, 1.54) is 0 Å². The van der Waals surface area contributed by atoms with Gasteiger partial charge in [-0.1, -0.05) is 0 Å². The van der Waals surface area contributed by atoms with Crippen molar-refractivity contribution in [1.29, 1.82) is 0 Å². The van der Waals surface area contributed by atoms with Gasteiger partial charge in [-0.05, 0) is 34.6 Å². The predicted octanol–water partition coefficient (Wildman–Crippen LogP) is 1.36. The van der Waals surface area contributed by atoms with Crippen molar-refractivity contribution >= 4 is 17.8 Å². The van der Waals surface area contributed by atoms with Crippen LogP contribution in [0.5, 0.6) is 0 Å². The van der Waals surface area contributed by atoms with Gasteiger partial charge >= 0.3 is 0 Å². The van der Waals surface area contributed by atoms with E-state index in [0.717, 1.165) is 19.6 Å². The number of anilines is 3. The third-order valence-corrected chi connectivity index (χ3v) is 2.96. The van der Waals surface area contributed by atoms with Crippen LogP contribution in [0.15, 0.2) is 0 Å². The highest BCUT2D eigenvalue weighted by Gasteiger charge is 2.19. The quantitative estimate of drug-likeness (QED) is 0.750. The minimum absolute atomic E-state index is 0.445. The molecule has 1 aromatic heterocycles. The van der Waals surface area contributed by atoms with Crippen LogP contribution in [0.2, 0.25) is 0 Å². The van der Waals surface area contributed by atoms with Crippen LogP contribution in [-0.2, 0) is 0 Å². The third-order valence-electron chi connectivity index (χ3n) is 2.96. The largest absolute Gasteiger partial charge is 0.389 e. The smallest absolute Gasteiger partial charge is 0.231 e. The summed E-state index contributed by atoms with van der Waals surface area (Å²) in [6.45, 7) is 12.5. The van der Waals surface area contributed by atoms with E-state index in [0.29, 0.717) is 24.4 Å². The molecule has 0 radical (unpaired) electrons. The SMILES string of the molecule is CCNc1nc(N(C)CC(C)(C)O)nc(N(CC)CC)n1. The normalized spacial score (nSPS) is 11.4. The monoisotopic (exact) mass is 296 g/mol. The van der Waals surface area contributed by atoms with Gasteiger partial charge in [0, 0.05) is 33.2 Å². The molecule has 2 N–H and O–H groups in total. The van der Waals surface area contributed by atoms with Gasteiger partial charge in [0.25, 0.3) is 0 Å². The topological polar surface area (TPSA) is 77.4 Å². The molecule has 0 aromatic carbocycles. The number of nitrogens with zero attached hydrogens (tertiary/aromatic N) is 5. The van der Waals surface area contributed by atoms with Crippen LogP contribution in [-0.4, -0.2) is 58.9 Å². The van der Waals surface area contributed by atoms with E-state index in [1.807, 2.05) is 18.9 Å². The third kappa shape index (κ3) is 5.34. The molecule has 0 atom stereocenters. The summed E-state index contributed by atoms with van der Waals surface area (Å²) in [7, 11) is 1.87. The van der Waals surface area contributed by atoms with Gasteiger partial charge in [0.1, 0.15) is 0 Å². The Morgan fingerprint density at radius 2 is 1.62 bits per heavy atom. The van der Waals surface area contributed by atoms with Crippen molar-refractivity contribution in [2.75, 3.05) is 48.3 Å². The Morgan fingerprint density at radius 1 is 1.05 bits per heavy atom. The average molecular weight is 296 g/mol. The molecule has 0 aliphatic heterocycles. The number of aromatic nitrogens is 3. The van der Waals surface area contributed by atoms with Gasteiger partial charge in [-0.2, -0.15) is 15.0 Å². The van der Waals surface area contributed by atoms with Crippen LogP contribution in [0.25, 0.3) is 0 Å². The fraction of sp³-hybridized carbons (Fsp3) is 0.786. The standard InChI is InChI=1S/C14H28N6O/c1-7-15-11-16-12(19(6)10-14(4,5)21)18-13(17-11)20(8-2)9-3/h21H,7-10H2,1-6H3,(H,15,16,17,18). The van der Waals surface area contributed by atoms with Crippen molar-refractivity contribution < 1.29 is 5.11 Å². The second kappa shape index (κ2) is 7.40. The van der Waals surface area contributed by atoms with Gasteiger partial charge in [-0.25, -0.2) is 0 Å². The zero-order chi connectivity index (χ0) is 16.0. The van der Waals surface area contributed by atoms with E-state index in [-0.39, 0.29) is 0 Å². The summed E-state index contributed by atoms with van der Waals surface area (Å²) in [6, 6.07) is 0. The Kier molecular flexibility index (Phi) is 6.14. The van der Waals surface area contributed by atoms with Crippen molar-refractivity contribution in [2.24, 2.45) is 0 Å². The molecule has 7 heteroatoms. The minimum atomic E-state index is -0.810. The van der Waals surface area contributed by atoms with E-state index in [1.54, 1.807) is 13.8 Å². The molecule has 21 heavy (non-hydrogen) atoms. The van der Waals surface area contributed by atoms with Crippen molar-refractivity contribution in [1.82, 2.24) is 15.0 Å². The number of rotatable bonds is 8. The molecule has 0 saturated heterocycles. The van der Waals surface area contributed by atoms with Crippen molar-refractivity contribution in [3.63, 3.8) is 0 Å². The van der Waals surface area contributed by atoms with Crippen LogP contribution in [0.4, 0.5) is 17.8 Å². The molecule has 120 valence electrons. The summed E-state index contributed by atoms with van der Waals surface area (Å²) in [5.41, 5.74) is -0.810. The molecule has 0 bridgehead atoms. The molecule has 0 amide bonds. The fourth-order valence-electron chi connectivity index (χ4n) is 2.06. The first kappa shape index (κ1) is 17.4. The molecule has 0 saturated carbocycles. The molecule has 0 unspecified atom stereocenters. The number of hydrogen-bond acceptors (Lipinski definition) is 7. The maximum Gasteiger partial charge on any atom is 0.231 e. The van der Waals surface area contributed by atoms with Crippen molar-refractivity contribution in [2.45, 2.75) is 40.2 Å². The molecule has 1 aromatic rings. The van der Waals surface area contributed by atoms with Crippen LogP contribution < -0.4 is 15.1 Å². The zero-order valence-corrected chi connectivity index (χ0v) is 14.0. The molecule has 0 aliphatic carbocycles. The molecule has 1 rings (SSSR count). The molecule has 0 spiro atoms. The van der Waals surface area contributed by atoms with Gasteiger partial charge in [0.2, 0.25) is 17.8 Å². The van der Waals surface area contributed by atoms with Crippen molar-refractivity contribution in [3.05, 3.63) is 0 Å². The number of likely N-dealkylation sites (N-methyl/N-ethyl adjacent to an activating group) is 1. The van der Waals surface area contributed by atoms with E-state index in [2.05, 4.69) is 39.0 Å². The number of hydrogen-bond donors (Lipinski definition) is 2. The van der Waals surface area contributed by atoms with Crippen LogP contribution in [0, 0.1) is 0 Å². The molecular weight excluding hydrogens is 268 g/mol. The summed E-state index contributed by atoms with van der Waals surface area (Å²) in [6.07, 6.45) is 0. The highest BCUT2D eigenvalue weighted by atomic mass is 16.3. The van der Waals surface area contributed by atoms with Crippen molar-refractivity contribution in [3.8, 4) is 0 Å². The summed E-state index contributed by atoms with van der Waals surface area (Å²) in [4.78, 5) is 17.3. The predicted molar refractivity (Wildman–Crippen MR) is 87.1 cm³/mol. The number of aliphatic hydroxyl groups is 1. The van der Waals surface area contributed by atoms with Crippen LogP contribution >= 0.6 is 0 Å². The Morgan fingerprint density at radius 3 is 2.10 bits per heavy atom. The lowest BCUT2D eigenvalue weighted by Crippen LogP contribution is -2.37. The molecule has 0 aliphatic rings. The van der Waals surface area contributed by atoms with E-state index >= 15 is 0 Å². The summed E-state index contributed by atoms with van der Waals surface area (Å²) >= 11 is 0. The summed E-state index contributed by atoms with van der Waals surface area (Å²) in [5, 5.41) is 13.1. The molecule has 7 nitrogen and oxygen atoms in total. The van der Waals surface area contributed by atoms with Gasteiger partial charge in [0.05, 0.1) is 5.60 Å². The lowest BCUT2D eigenvalue weighted by atomic mass is 10.1. The second-order valence-electron chi connectivity index (χ2n) is 5.63. The Balaban J connectivity index is 3.12. The lowest BCUT2D eigenvalue weighted by Gasteiger charge is -2.27. The first-order valence-corrected chi connectivity index (χ1v) is 7.49. The minimum Gasteiger partial charge on any atom is -0.389 e. The molecular formula is C14H28N6O. The summed E-state index contributed by atoms with van der Waals surface area (Å²) in [5.74, 6) is 1.78. The van der Waals surface area contributed by atoms with Crippen LogP contribution in [0.3, 0.4) is 0 Å². The first-order valence-electron chi connectivity index (χ1n) is 7.49. The maximum atomic E-state index is 9.95. The first-order chi connectivity index (χ1) is 9.80. The van der Waals surface area contributed by atoms with Crippen LogP contribution in [0.1, 0.15) is 34.6 Å². The maximum absolute atomic E-state index is 9.95. The molecule has 1 heterocycles. The van der Waals surface area contributed by atoms with E-state index < -0.39 is 5.60 Å². The summed E-state index contributed by atoms with van der Waals surface area (Å²) < 4.78 is 0. The van der Waals surface area contributed by atoms with Gasteiger partial charge in [0.15, 0.2) is 0 Å². The number of nitrogens with one attached hydrogen (secondary N) is 1. The van der Waals surface area contributed by atoms with Gasteiger partial charge in [-0.3, -0.25) is 0 Å². The Hall–Kier alpha value is -1.63. The molecule has 0 fully saturated rings. The van der Waals surface area contributed by atoms with E-state index in [4.69, 9.17) is 0 Å². The highest BCUT2D eigenvalue weighted by Crippen LogP contribution is 2.17. The second-order valence-corrected chi connectivity index (χ2v) is 5.63.